The summed E-state index contributed by atoms with van der Waals surface area (Å²) in [5, 5.41) is 3.92. The lowest BCUT2D eigenvalue weighted by atomic mass is 10.0. The van der Waals surface area contributed by atoms with E-state index in [1.54, 1.807) is 0 Å². The molecule has 0 spiro atoms. The van der Waals surface area contributed by atoms with Crippen molar-refractivity contribution in [1.82, 2.24) is 9.38 Å². The zero-order valence-electron chi connectivity index (χ0n) is 12.8. The number of pyridine rings is 1. The van der Waals surface area contributed by atoms with Crippen molar-refractivity contribution in [3.05, 3.63) is 59.4 Å². The number of imidazole rings is 1. The summed E-state index contributed by atoms with van der Waals surface area (Å²) < 4.78 is 2.43. The predicted octanol–water partition coefficient (Wildman–Crippen LogP) is 4.83. The quantitative estimate of drug-likeness (QED) is 0.423. The van der Waals surface area contributed by atoms with Crippen LogP contribution in [0.1, 0.15) is 29.8 Å². The van der Waals surface area contributed by atoms with Gasteiger partial charge in [0.2, 0.25) is 0 Å². The van der Waals surface area contributed by atoms with Crippen LogP contribution in [0.25, 0.3) is 27.3 Å². The first kappa shape index (κ1) is 12.2. The Hall–Kier alpha value is -2.35. The molecule has 2 nitrogen and oxygen atoms in total. The first-order valence-corrected chi connectivity index (χ1v) is 8.14. The maximum Gasteiger partial charge on any atom is 0.145 e. The van der Waals surface area contributed by atoms with Crippen LogP contribution in [0.4, 0.5) is 0 Å². The van der Waals surface area contributed by atoms with E-state index in [2.05, 4.69) is 53.8 Å². The Morgan fingerprint density at radius 1 is 0.909 bits per heavy atom. The molecule has 2 aromatic carbocycles. The SMILES string of the molecule is Cc1ccc2c3ccccc3c3nc4c(n3c2c1)CCCC4. The second kappa shape index (κ2) is 4.33. The summed E-state index contributed by atoms with van der Waals surface area (Å²) >= 11 is 0. The molecule has 0 saturated heterocycles. The van der Waals surface area contributed by atoms with Gasteiger partial charge in [-0.3, -0.25) is 4.40 Å². The maximum absolute atomic E-state index is 5.02. The van der Waals surface area contributed by atoms with E-state index in [0.29, 0.717) is 0 Å². The molecule has 0 N–H and O–H groups in total. The zero-order chi connectivity index (χ0) is 14.7. The van der Waals surface area contributed by atoms with Crippen LogP contribution in [0, 0.1) is 6.92 Å². The van der Waals surface area contributed by atoms with Gasteiger partial charge in [-0.1, -0.05) is 36.4 Å². The molecular formula is C20H18N2. The zero-order valence-corrected chi connectivity index (χ0v) is 12.8. The van der Waals surface area contributed by atoms with E-state index in [4.69, 9.17) is 4.98 Å². The summed E-state index contributed by atoms with van der Waals surface area (Å²) in [5.41, 5.74) is 6.50. The number of fused-ring (bicyclic) bond motifs is 8. The van der Waals surface area contributed by atoms with Crippen LogP contribution >= 0.6 is 0 Å². The van der Waals surface area contributed by atoms with E-state index in [-0.39, 0.29) is 0 Å². The Bertz CT molecular complexity index is 1040. The van der Waals surface area contributed by atoms with Crippen LogP contribution in [0.15, 0.2) is 42.5 Å². The molecule has 2 aromatic heterocycles. The van der Waals surface area contributed by atoms with Crippen molar-refractivity contribution in [2.45, 2.75) is 32.6 Å². The van der Waals surface area contributed by atoms with Crippen molar-refractivity contribution in [2.24, 2.45) is 0 Å². The van der Waals surface area contributed by atoms with Crippen LogP contribution in [-0.2, 0) is 12.8 Å². The summed E-state index contributed by atoms with van der Waals surface area (Å²) in [4.78, 5) is 5.02. The van der Waals surface area contributed by atoms with Crippen molar-refractivity contribution < 1.29 is 0 Å². The summed E-state index contributed by atoms with van der Waals surface area (Å²) in [6.45, 7) is 2.17. The summed E-state index contributed by atoms with van der Waals surface area (Å²) in [5.74, 6) is 0. The van der Waals surface area contributed by atoms with Gasteiger partial charge >= 0.3 is 0 Å². The highest BCUT2D eigenvalue weighted by molar-refractivity contribution is 6.11. The van der Waals surface area contributed by atoms with E-state index < -0.39 is 0 Å². The fourth-order valence-corrected chi connectivity index (χ4v) is 3.95. The second-order valence-electron chi connectivity index (χ2n) is 6.44. The van der Waals surface area contributed by atoms with E-state index in [1.807, 2.05) is 0 Å². The molecule has 5 rings (SSSR count). The summed E-state index contributed by atoms with van der Waals surface area (Å²) in [6, 6.07) is 15.5. The van der Waals surface area contributed by atoms with Crippen LogP contribution in [0.3, 0.4) is 0 Å². The first-order valence-electron chi connectivity index (χ1n) is 8.14. The van der Waals surface area contributed by atoms with E-state index >= 15 is 0 Å². The third-order valence-corrected chi connectivity index (χ3v) is 4.99. The van der Waals surface area contributed by atoms with Crippen LogP contribution in [0.5, 0.6) is 0 Å². The van der Waals surface area contributed by atoms with Crippen molar-refractivity contribution in [2.75, 3.05) is 0 Å². The Morgan fingerprint density at radius 2 is 1.73 bits per heavy atom. The average molecular weight is 286 g/mol. The maximum atomic E-state index is 5.02. The van der Waals surface area contributed by atoms with E-state index in [1.165, 1.54) is 51.5 Å². The molecule has 0 atom stereocenters. The topological polar surface area (TPSA) is 17.3 Å². The van der Waals surface area contributed by atoms with Gasteiger partial charge in [-0.25, -0.2) is 4.98 Å². The number of benzene rings is 2. The highest BCUT2D eigenvalue weighted by atomic mass is 15.0. The molecule has 0 aliphatic heterocycles. The minimum atomic E-state index is 1.12. The van der Waals surface area contributed by atoms with Crippen LogP contribution < -0.4 is 0 Å². The lowest BCUT2D eigenvalue weighted by Gasteiger charge is -2.13. The Kier molecular flexibility index (Phi) is 2.40. The molecule has 0 fully saturated rings. The molecule has 2 heterocycles. The number of aryl methyl sites for hydroxylation is 3. The van der Waals surface area contributed by atoms with Gasteiger partial charge < -0.3 is 0 Å². The minimum absolute atomic E-state index is 1.12. The molecule has 0 bridgehead atoms. The van der Waals surface area contributed by atoms with Crippen molar-refractivity contribution >= 4 is 27.3 Å². The lowest BCUT2D eigenvalue weighted by molar-refractivity contribution is 0.662. The molecule has 4 aromatic rings. The van der Waals surface area contributed by atoms with Crippen LogP contribution in [0.2, 0.25) is 0 Å². The van der Waals surface area contributed by atoms with Crippen LogP contribution in [-0.4, -0.2) is 9.38 Å². The molecule has 0 saturated carbocycles. The fraction of sp³-hybridized carbons (Fsp3) is 0.250. The molecular weight excluding hydrogens is 268 g/mol. The standard InChI is InChI=1S/C20H18N2/c1-13-10-11-15-14-6-2-3-7-16(14)20-21-17-8-4-5-9-18(17)22(20)19(15)12-13/h2-3,6-7,10-12H,4-5,8-9H2,1H3. The number of hydrogen-bond acceptors (Lipinski definition) is 1. The number of hydrogen-bond donors (Lipinski definition) is 0. The Labute approximate surface area is 129 Å². The normalized spacial score (nSPS) is 14.8. The lowest BCUT2D eigenvalue weighted by Crippen LogP contribution is -2.04. The summed E-state index contributed by atoms with van der Waals surface area (Å²) in [6.07, 6.45) is 4.82. The van der Waals surface area contributed by atoms with Gasteiger partial charge in [0.1, 0.15) is 5.65 Å². The van der Waals surface area contributed by atoms with Gasteiger partial charge in [0.25, 0.3) is 0 Å². The molecule has 0 unspecified atom stereocenters. The Morgan fingerprint density at radius 3 is 2.64 bits per heavy atom. The van der Waals surface area contributed by atoms with Gasteiger partial charge in [-0.15, -0.1) is 0 Å². The molecule has 0 amide bonds. The molecule has 1 aliphatic rings. The second-order valence-corrected chi connectivity index (χ2v) is 6.44. The molecule has 108 valence electrons. The molecule has 2 heteroatoms. The van der Waals surface area contributed by atoms with Gasteiger partial charge in [-0.05, 0) is 49.6 Å². The van der Waals surface area contributed by atoms with Gasteiger partial charge in [0.15, 0.2) is 0 Å². The smallest absolute Gasteiger partial charge is 0.145 e. The van der Waals surface area contributed by atoms with Crippen molar-refractivity contribution in [3.8, 4) is 0 Å². The van der Waals surface area contributed by atoms with Gasteiger partial charge in [-0.2, -0.15) is 0 Å². The number of rotatable bonds is 0. The summed E-state index contributed by atoms with van der Waals surface area (Å²) in [7, 11) is 0. The highest BCUT2D eigenvalue weighted by Gasteiger charge is 2.19. The minimum Gasteiger partial charge on any atom is -0.296 e. The number of nitrogens with zero attached hydrogens (tertiary/aromatic N) is 2. The van der Waals surface area contributed by atoms with E-state index in [0.717, 1.165) is 18.5 Å². The third kappa shape index (κ3) is 1.52. The average Bonchev–Trinajstić information content (AvgIpc) is 2.95. The molecule has 1 aliphatic carbocycles. The predicted molar refractivity (Wildman–Crippen MR) is 91.6 cm³/mol. The van der Waals surface area contributed by atoms with Crippen molar-refractivity contribution in [1.29, 1.82) is 0 Å². The molecule has 22 heavy (non-hydrogen) atoms. The highest BCUT2D eigenvalue weighted by Crippen LogP contribution is 2.33. The molecule has 0 radical (unpaired) electrons. The fourth-order valence-electron chi connectivity index (χ4n) is 3.95. The Balaban J connectivity index is 2.12. The van der Waals surface area contributed by atoms with Gasteiger partial charge in [0.05, 0.1) is 11.2 Å². The largest absolute Gasteiger partial charge is 0.296 e. The van der Waals surface area contributed by atoms with E-state index in [9.17, 15) is 0 Å². The van der Waals surface area contributed by atoms with Crippen molar-refractivity contribution in [3.63, 3.8) is 0 Å². The third-order valence-electron chi connectivity index (χ3n) is 4.99. The number of aromatic nitrogens is 2. The van der Waals surface area contributed by atoms with Gasteiger partial charge in [0, 0.05) is 16.5 Å². The first-order chi connectivity index (χ1) is 10.8. The monoisotopic (exact) mass is 286 g/mol.